The molecule has 1 saturated carbocycles. The first-order valence-electron chi connectivity index (χ1n) is 29.9. The Bertz CT molecular complexity index is 3590. The number of aliphatic hydroxyl groups is 1. The number of hydrogen-bond donors (Lipinski definition) is 3. The van der Waals surface area contributed by atoms with Gasteiger partial charge in [0.25, 0.3) is 0 Å². The van der Waals surface area contributed by atoms with E-state index in [4.69, 9.17) is 19.4 Å². The highest BCUT2D eigenvalue weighted by atomic mass is 19.1. The first-order valence-corrected chi connectivity index (χ1v) is 29.9. The van der Waals surface area contributed by atoms with Gasteiger partial charge in [-0.15, -0.1) is 0 Å². The number of hydrogen-bond acceptors (Lipinski definition) is 14. The highest BCUT2D eigenvalue weighted by Crippen LogP contribution is 2.49. The lowest BCUT2D eigenvalue weighted by molar-refractivity contribution is -0.135. The van der Waals surface area contributed by atoms with Crippen molar-refractivity contribution in [2.75, 3.05) is 63.9 Å². The number of aromatic hydroxyl groups is 1. The minimum atomic E-state index is -1.00. The molecule has 3 N–H and O–H groups in total. The van der Waals surface area contributed by atoms with Crippen LogP contribution in [0.1, 0.15) is 133 Å². The number of imide groups is 1. The van der Waals surface area contributed by atoms with Crippen LogP contribution in [-0.2, 0) is 27.8 Å². The molecular formula is C62H74F2N10O8. The number of β-amino-alcohol motifs (C(OH)–C–C–N with tert-alkyl or cyclic N) is 1. The molecule has 82 heavy (non-hydrogen) atoms. The molecule has 0 radical (unpaired) electrons. The number of aryl methyl sites for hydroxylation is 2. The second kappa shape index (κ2) is 21.1. The first kappa shape index (κ1) is 54.5. The Morgan fingerprint density at radius 3 is 2.46 bits per heavy atom. The first-order chi connectivity index (χ1) is 39.5. The number of aromatic nitrogens is 5. The smallest absolute Gasteiger partial charge is 0.409 e. The summed E-state index contributed by atoms with van der Waals surface area (Å²) in [5, 5.41) is 25.7. The maximum absolute atomic E-state index is 17.3. The van der Waals surface area contributed by atoms with Gasteiger partial charge in [-0.3, -0.25) is 33.9 Å². The summed E-state index contributed by atoms with van der Waals surface area (Å²) in [7, 11) is 1.75. The lowest BCUT2D eigenvalue weighted by Gasteiger charge is -2.41. The second-order valence-electron chi connectivity index (χ2n) is 25.2. The number of phenolic OH excluding ortho intramolecular Hbond substituents is 1. The van der Waals surface area contributed by atoms with Crippen molar-refractivity contribution in [2.45, 2.75) is 152 Å². The zero-order chi connectivity index (χ0) is 56.8. The van der Waals surface area contributed by atoms with Crippen LogP contribution in [0.3, 0.4) is 0 Å². The molecule has 18 nitrogen and oxygen atoms in total. The molecule has 7 aliphatic rings. The van der Waals surface area contributed by atoms with Crippen molar-refractivity contribution in [1.82, 2.24) is 44.1 Å². The number of pyridine rings is 1. The number of nitrogens with one attached hydrogen (secondary N) is 1. The van der Waals surface area contributed by atoms with Gasteiger partial charge in [0.2, 0.25) is 11.8 Å². The number of nitrogens with zero attached hydrogens (tertiary/aromatic N) is 9. The molecule has 2 unspecified atom stereocenters. The molecule has 6 aromatic rings. The molecule has 9 heterocycles. The molecule has 3 aromatic carbocycles. The summed E-state index contributed by atoms with van der Waals surface area (Å²) in [6.07, 6.45) is 14.3. The fraction of sp³-hybridized carbons (Fsp3) is 0.565. The predicted molar refractivity (Wildman–Crippen MR) is 305 cm³/mol. The Morgan fingerprint density at radius 2 is 1.68 bits per heavy atom. The molecule has 5 atom stereocenters. The van der Waals surface area contributed by atoms with Crippen LogP contribution in [0.15, 0.2) is 53.5 Å². The van der Waals surface area contributed by atoms with Gasteiger partial charge in [-0.2, -0.15) is 9.97 Å². The van der Waals surface area contributed by atoms with Crippen molar-refractivity contribution in [2.24, 2.45) is 12.5 Å². The van der Waals surface area contributed by atoms with Crippen LogP contribution in [0.25, 0.3) is 44.0 Å². The Morgan fingerprint density at radius 1 is 0.878 bits per heavy atom. The van der Waals surface area contributed by atoms with Gasteiger partial charge in [-0.05, 0) is 186 Å². The third-order valence-electron chi connectivity index (χ3n) is 20.2. The van der Waals surface area contributed by atoms with E-state index in [0.29, 0.717) is 90.3 Å². The third kappa shape index (κ3) is 9.72. The molecule has 13 rings (SSSR count). The van der Waals surface area contributed by atoms with E-state index in [-0.39, 0.29) is 89.4 Å². The molecule has 20 heteroatoms. The Kier molecular flexibility index (Phi) is 14.0. The number of likely N-dealkylation sites (tertiary alicyclic amines) is 2. The Balaban J connectivity index is 0.630. The van der Waals surface area contributed by atoms with Crippen LogP contribution in [0.5, 0.6) is 11.8 Å². The van der Waals surface area contributed by atoms with E-state index in [1.54, 1.807) is 29.2 Å². The fourth-order valence-electron chi connectivity index (χ4n) is 15.8. The molecule has 7 fully saturated rings. The predicted octanol–water partition coefficient (Wildman–Crippen LogP) is 8.40. The zero-order valence-corrected chi connectivity index (χ0v) is 47.2. The number of anilines is 1. The number of imidazole rings is 1. The van der Waals surface area contributed by atoms with Crippen molar-refractivity contribution < 1.29 is 42.9 Å². The monoisotopic (exact) mass is 1120 g/mol. The average molecular weight is 1130 g/mol. The summed E-state index contributed by atoms with van der Waals surface area (Å²) < 4.78 is 48.5. The zero-order valence-electron chi connectivity index (χ0n) is 47.2. The van der Waals surface area contributed by atoms with Crippen LogP contribution in [0.2, 0.25) is 0 Å². The van der Waals surface area contributed by atoms with Crippen LogP contribution >= 0.6 is 0 Å². The second-order valence-corrected chi connectivity index (χ2v) is 25.2. The van der Waals surface area contributed by atoms with Gasteiger partial charge in [0.15, 0.2) is 5.82 Å². The van der Waals surface area contributed by atoms with Gasteiger partial charge in [0.05, 0.1) is 27.6 Å². The normalized spacial score (nSPS) is 26.4. The SMILES string of the molecule is CCc1c(F)ccc2cc(O)cc(-c3ncc4c(N5CCC[C@@](C)(O)C5)nc(OC[C@@]56CCCN5[C@H](COC(=O)N5CCC7(CCC(N8CCC(c9ccc%10c(c9)n(C)c(=O)n%10C9CCC(=O)NC9=O)CC8)C7)CC5)CC6)nc4c3F)c12. The molecule has 6 aliphatic heterocycles. The van der Waals surface area contributed by atoms with E-state index >= 15 is 8.78 Å². The number of phenols is 1. The standard InChI is InChI=1S/C62H74F2N10O8/c1-4-43-46(63)9-7-39-29-42(75)31-44(51(39)43)53-52(64)54-45(33-65-53)55(72-23-5-17-60(2,80)35-72)68-57(67-54)82-36-62-18-6-24-73(62)41(14-20-62)34-81-59(79)71-27-21-61(22-28-71)19-13-40(32-61)70-25-15-37(16-26-70)38-8-10-47-49(30-38)69(3)58(78)74(47)48-11-12-50(76)66-56(48)77/h7-10,29-31,33,37,40-41,48,75,80H,4-6,11-28,32,34-36H2,1-3H3,(H,66,76,77)/t40?,41-,48?,60+,62-/m0/s1. The number of benzene rings is 3. The summed E-state index contributed by atoms with van der Waals surface area (Å²) in [5.74, 6) is -1.26. The van der Waals surface area contributed by atoms with Crippen molar-refractivity contribution in [1.29, 1.82) is 0 Å². The number of carbonyl (C=O) groups is 3. The van der Waals surface area contributed by atoms with Gasteiger partial charge < -0.3 is 34.4 Å². The lowest BCUT2D eigenvalue weighted by atomic mass is 9.76. The maximum atomic E-state index is 17.3. The summed E-state index contributed by atoms with van der Waals surface area (Å²) in [5.41, 5.74) is 1.85. The maximum Gasteiger partial charge on any atom is 0.409 e. The minimum Gasteiger partial charge on any atom is -0.508 e. The number of carbonyl (C=O) groups excluding carboxylic acids is 3. The van der Waals surface area contributed by atoms with Crippen LogP contribution in [-0.4, -0.2) is 149 Å². The quantitative estimate of drug-likeness (QED) is 0.104. The van der Waals surface area contributed by atoms with Gasteiger partial charge in [-0.1, -0.05) is 19.1 Å². The van der Waals surface area contributed by atoms with Crippen LogP contribution < -0.4 is 20.6 Å². The van der Waals surface area contributed by atoms with Crippen molar-refractivity contribution >= 4 is 56.4 Å². The summed E-state index contributed by atoms with van der Waals surface area (Å²) in [6, 6.07) is 11.9. The highest BCUT2D eigenvalue weighted by Gasteiger charge is 2.51. The molecule has 3 amide bonds. The van der Waals surface area contributed by atoms with E-state index in [0.717, 1.165) is 95.8 Å². The number of piperidine rings is 4. The summed E-state index contributed by atoms with van der Waals surface area (Å²) >= 11 is 0. The topological polar surface area (TPSA) is 201 Å². The van der Waals surface area contributed by atoms with E-state index in [2.05, 4.69) is 32.2 Å². The van der Waals surface area contributed by atoms with E-state index in [1.165, 1.54) is 30.0 Å². The van der Waals surface area contributed by atoms with Gasteiger partial charge in [0.1, 0.15) is 47.9 Å². The van der Waals surface area contributed by atoms with Crippen molar-refractivity contribution in [3.8, 4) is 23.0 Å². The summed E-state index contributed by atoms with van der Waals surface area (Å²) in [4.78, 5) is 74.9. The van der Waals surface area contributed by atoms with E-state index in [9.17, 15) is 29.4 Å². The fourth-order valence-corrected chi connectivity index (χ4v) is 15.8. The molecule has 3 aromatic heterocycles. The number of fused-ring (bicyclic) bond motifs is 4. The highest BCUT2D eigenvalue weighted by molar-refractivity contribution is 6.02. The molecule has 434 valence electrons. The minimum absolute atomic E-state index is 0.00890. The van der Waals surface area contributed by atoms with Gasteiger partial charge in [-0.25, -0.2) is 18.4 Å². The van der Waals surface area contributed by atoms with Crippen molar-refractivity contribution in [3.05, 3.63) is 81.9 Å². The number of ether oxygens (including phenoxy) is 2. The van der Waals surface area contributed by atoms with Gasteiger partial charge in [0, 0.05) is 63.5 Å². The van der Waals surface area contributed by atoms with Crippen molar-refractivity contribution in [3.63, 3.8) is 0 Å². The third-order valence-corrected chi connectivity index (χ3v) is 20.2. The van der Waals surface area contributed by atoms with Gasteiger partial charge >= 0.3 is 17.8 Å². The number of amides is 3. The number of rotatable bonds is 11. The van der Waals surface area contributed by atoms with Crippen LogP contribution in [0, 0.1) is 17.0 Å². The Labute approximate surface area is 474 Å². The molecule has 0 bridgehead atoms. The lowest BCUT2D eigenvalue weighted by Crippen LogP contribution is -2.49. The average Bonchev–Trinajstić information content (AvgIpc) is 3.51. The Hall–Kier alpha value is -6.77. The van der Waals surface area contributed by atoms with E-state index in [1.807, 2.05) is 22.8 Å². The molecule has 1 aliphatic carbocycles. The molecular weight excluding hydrogens is 1050 g/mol. The van der Waals surface area contributed by atoms with Crippen LogP contribution in [0.4, 0.5) is 19.4 Å². The summed E-state index contributed by atoms with van der Waals surface area (Å²) in [6.45, 7) is 9.17. The molecule has 6 saturated heterocycles. The van der Waals surface area contributed by atoms with E-state index < -0.39 is 29.2 Å². The molecule has 1 spiro atoms. The largest absolute Gasteiger partial charge is 0.508 e. The number of halogens is 2.